The predicted molar refractivity (Wildman–Crippen MR) is 112 cm³/mol. The molecule has 4 atom stereocenters. The first kappa shape index (κ1) is 21.0. The average molecular weight is 426 g/mol. The summed E-state index contributed by atoms with van der Waals surface area (Å²) in [4.78, 5) is 37.4. The van der Waals surface area contributed by atoms with Gasteiger partial charge in [0.25, 0.3) is 5.91 Å². The van der Waals surface area contributed by atoms with Gasteiger partial charge in [-0.2, -0.15) is 5.10 Å². The van der Waals surface area contributed by atoms with Crippen molar-refractivity contribution in [2.75, 3.05) is 11.9 Å². The molecular weight excluding hydrogens is 400 g/mol. The Labute approximate surface area is 179 Å². The van der Waals surface area contributed by atoms with Crippen molar-refractivity contribution in [2.45, 2.75) is 44.9 Å². The number of anilines is 1. The van der Waals surface area contributed by atoms with Crippen LogP contribution in [0.2, 0.25) is 0 Å². The van der Waals surface area contributed by atoms with Gasteiger partial charge < -0.3 is 20.5 Å². The largest absolute Gasteiger partial charge is 0.481 e. The number of nitrogens with one attached hydrogen (secondary N) is 2. The Kier molecular flexibility index (Phi) is 6.03. The standard InChI is InChI=1S/C22H26N4O5/c1-2-26-12-14(19(25-26)21(28)23-11-10-13-6-4-3-5-7-13)24-20(27)17-15-8-9-16(31-15)18(17)22(29)30/h3-7,12,15-18H,2,8-11H2,1H3,(H,23,28)(H,24,27)(H,29,30)/t15-,16+,17-,18+/m1/s1. The number of carboxylic acid groups (broad SMARTS) is 1. The van der Waals surface area contributed by atoms with Crippen LogP contribution in [0.3, 0.4) is 0 Å². The highest BCUT2D eigenvalue weighted by atomic mass is 16.5. The molecule has 2 bridgehead atoms. The lowest BCUT2D eigenvalue weighted by Crippen LogP contribution is -2.41. The molecule has 3 N–H and O–H groups in total. The molecule has 2 aliphatic heterocycles. The Morgan fingerprint density at radius 3 is 2.55 bits per heavy atom. The molecule has 3 heterocycles. The summed E-state index contributed by atoms with van der Waals surface area (Å²) in [5, 5.41) is 19.4. The van der Waals surface area contributed by atoms with E-state index in [9.17, 15) is 19.5 Å². The van der Waals surface area contributed by atoms with Crippen LogP contribution in [0.1, 0.15) is 35.8 Å². The lowest BCUT2D eigenvalue weighted by Gasteiger charge is -2.23. The monoisotopic (exact) mass is 426 g/mol. The van der Waals surface area contributed by atoms with Gasteiger partial charge in [-0.25, -0.2) is 0 Å². The number of nitrogens with zero attached hydrogens (tertiary/aromatic N) is 2. The molecule has 2 fully saturated rings. The van der Waals surface area contributed by atoms with Gasteiger partial charge in [0, 0.05) is 19.3 Å². The third kappa shape index (κ3) is 4.32. The van der Waals surface area contributed by atoms with E-state index in [0.717, 1.165) is 5.56 Å². The molecule has 9 heteroatoms. The van der Waals surface area contributed by atoms with Crippen LogP contribution in [0, 0.1) is 11.8 Å². The van der Waals surface area contributed by atoms with Crippen molar-refractivity contribution in [3.05, 3.63) is 47.8 Å². The molecule has 0 unspecified atom stereocenters. The summed E-state index contributed by atoms with van der Waals surface area (Å²) >= 11 is 0. The molecule has 164 valence electrons. The van der Waals surface area contributed by atoms with Crippen LogP contribution in [-0.2, 0) is 27.3 Å². The number of carboxylic acids is 1. The van der Waals surface area contributed by atoms with E-state index >= 15 is 0 Å². The van der Waals surface area contributed by atoms with Gasteiger partial charge >= 0.3 is 5.97 Å². The van der Waals surface area contributed by atoms with Gasteiger partial charge in [-0.05, 0) is 31.7 Å². The van der Waals surface area contributed by atoms with Gasteiger partial charge in [-0.3, -0.25) is 19.1 Å². The fraction of sp³-hybridized carbons (Fsp3) is 0.455. The zero-order chi connectivity index (χ0) is 22.0. The summed E-state index contributed by atoms with van der Waals surface area (Å²) in [5.74, 6) is -3.53. The Morgan fingerprint density at radius 1 is 1.16 bits per heavy atom. The normalized spacial score (nSPS) is 24.2. The number of amides is 2. The highest BCUT2D eigenvalue weighted by Gasteiger charge is 2.55. The van der Waals surface area contributed by atoms with Gasteiger partial charge in [-0.15, -0.1) is 0 Å². The molecule has 0 aliphatic carbocycles. The van der Waals surface area contributed by atoms with Crippen LogP contribution in [0.5, 0.6) is 0 Å². The number of aliphatic carboxylic acids is 1. The van der Waals surface area contributed by atoms with E-state index < -0.39 is 41.8 Å². The first-order chi connectivity index (χ1) is 15.0. The van der Waals surface area contributed by atoms with E-state index in [1.165, 1.54) is 0 Å². The van der Waals surface area contributed by atoms with Crippen molar-refractivity contribution in [3.8, 4) is 0 Å². The molecule has 2 aliphatic rings. The smallest absolute Gasteiger partial charge is 0.310 e. The minimum absolute atomic E-state index is 0.110. The summed E-state index contributed by atoms with van der Waals surface area (Å²) in [5.41, 5.74) is 1.49. The lowest BCUT2D eigenvalue weighted by molar-refractivity contribution is -0.147. The maximum atomic E-state index is 13.0. The van der Waals surface area contributed by atoms with Crippen LogP contribution in [0.25, 0.3) is 0 Å². The molecule has 9 nitrogen and oxygen atoms in total. The second kappa shape index (κ2) is 8.89. The van der Waals surface area contributed by atoms with Crippen molar-refractivity contribution < 1.29 is 24.2 Å². The molecule has 2 amide bonds. The topological polar surface area (TPSA) is 123 Å². The first-order valence-electron chi connectivity index (χ1n) is 10.6. The first-order valence-corrected chi connectivity index (χ1v) is 10.6. The van der Waals surface area contributed by atoms with E-state index in [-0.39, 0.29) is 11.4 Å². The minimum Gasteiger partial charge on any atom is -0.481 e. The zero-order valence-electron chi connectivity index (χ0n) is 17.3. The third-order valence-corrected chi connectivity index (χ3v) is 5.96. The predicted octanol–water partition coefficient (Wildman–Crippen LogP) is 1.69. The average Bonchev–Trinajstić information content (AvgIpc) is 3.48. The fourth-order valence-corrected chi connectivity index (χ4v) is 4.43. The second-order valence-electron chi connectivity index (χ2n) is 7.91. The SMILES string of the molecule is CCn1cc(NC(=O)[C@H]2[C@@H](C(=O)O)[C@@H]3CC[C@H]2O3)c(C(=O)NCCc2ccccc2)n1. The van der Waals surface area contributed by atoms with Crippen molar-refractivity contribution in [3.63, 3.8) is 0 Å². The van der Waals surface area contributed by atoms with Crippen molar-refractivity contribution >= 4 is 23.5 Å². The van der Waals surface area contributed by atoms with E-state index in [1.807, 2.05) is 37.3 Å². The van der Waals surface area contributed by atoms with Gasteiger partial charge in [0.1, 0.15) is 0 Å². The summed E-state index contributed by atoms with van der Waals surface area (Å²) in [6, 6.07) is 9.79. The van der Waals surface area contributed by atoms with E-state index in [4.69, 9.17) is 4.74 Å². The molecule has 4 rings (SSSR count). The zero-order valence-corrected chi connectivity index (χ0v) is 17.3. The third-order valence-electron chi connectivity index (χ3n) is 5.96. The van der Waals surface area contributed by atoms with E-state index in [2.05, 4.69) is 15.7 Å². The number of hydrogen-bond donors (Lipinski definition) is 3. The fourth-order valence-electron chi connectivity index (χ4n) is 4.43. The Hall–Kier alpha value is -3.20. The molecule has 0 spiro atoms. The molecule has 2 saturated heterocycles. The molecule has 31 heavy (non-hydrogen) atoms. The highest BCUT2D eigenvalue weighted by Crippen LogP contribution is 2.44. The summed E-state index contributed by atoms with van der Waals surface area (Å²) in [6.45, 7) is 2.82. The second-order valence-corrected chi connectivity index (χ2v) is 7.91. The number of ether oxygens (including phenoxy) is 1. The number of carbonyl (C=O) groups excluding carboxylic acids is 2. The molecule has 0 saturated carbocycles. The number of carbonyl (C=O) groups is 3. The Balaban J connectivity index is 1.45. The Bertz CT molecular complexity index is 974. The number of aryl methyl sites for hydroxylation is 1. The van der Waals surface area contributed by atoms with E-state index in [1.54, 1.807) is 10.9 Å². The number of hydrogen-bond acceptors (Lipinski definition) is 5. The number of aromatic nitrogens is 2. The van der Waals surface area contributed by atoms with Crippen LogP contribution >= 0.6 is 0 Å². The molecule has 1 aromatic heterocycles. The molecule has 2 aromatic rings. The summed E-state index contributed by atoms with van der Waals surface area (Å²) < 4.78 is 7.24. The molecular formula is C22H26N4O5. The van der Waals surface area contributed by atoms with Crippen molar-refractivity contribution in [2.24, 2.45) is 11.8 Å². The number of benzene rings is 1. The number of rotatable bonds is 8. The van der Waals surface area contributed by atoms with Gasteiger partial charge in [0.05, 0.1) is 29.7 Å². The van der Waals surface area contributed by atoms with Crippen molar-refractivity contribution in [1.82, 2.24) is 15.1 Å². The van der Waals surface area contributed by atoms with Crippen LogP contribution in [0.15, 0.2) is 36.5 Å². The van der Waals surface area contributed by atoms with Gasteiger partial charge in [0.2, 0.25) is 5.91 Å². The minimum atomic E-state index is -1.03. The maximum absolute atomic E-state index is 13.0. The van der Waals surface area contributed by atoms with Crippen molar-refractivity contribution in [1.29, 1.82) is 0 Å². The van der Waals surface area contributed by atoms with E-state index in [0.29, 0.717) is 32.4 Å². The maximum Gasteiger partial charge on any atom is 0.310 e. The van der Waals surface area contributed by atoms with Crippen LogP contribution < -0.4 is 10.6 Å². The van der Waals surface area contributed by atoms with Gasteiger partial charge in [0.15, 0.2) is 5.69 Å². The Morgan fingerprint density at radius 2 is 1.87 bits per heavy atom. The molecule has 0 radical (unpaired) electrons. The number of fused-ring (bicyclic) bond motifs is 2. The highest BCUT2D eigenvalue weighted by molar-refractivity contribution is 6.03. The summed E-state index contributed by atoms with van der Waals surface area (Å²) in [7, 11) is 0. The summed E-state index contributed by atoms with van der Waals surface area (Å²) in [6.07, 6.45) is 2.73. The quantitative estimate of drug-likeness (QED) is 0.590. The molecule has 1 aromatic carbocycles. The van der Waals surface area contributed by atoms with Crippen LogP contribution in [-0.4, -0.2) is 51.4 Å². The lowest BCUT2D eigenvalue weighted by atomic mass is 9.78. The van der Waals surface area contributed by atoms with Gasteiger partial charge in [-0.1, -0.05) is 30.3 Å². The van der Waals surface area contributed by atoms with Crippen LogP contribution in [0.4, 0.5) is 5.69 Å².